The Labute approximate surface area is 173 Å². The van der Waals surface area contributed by atoms with E-state index in [1.54, 1.807) is 24.3 Å². The fourth-order valence-corrected chi connectivity index (χ4v) is 4.04. The molecular formula is C23H22F2N4O. The van der Waals surface area contributed by atoms with Crippen LogP contribution in [0.1, 0.15) is 25.1 Å². The van der Waals surface area contributed by atoms with E-state index in [4.69, 9.17) is 4.98 Å². The van der Waals surface area contributed by atoms with Crippen molar-refractivity contribution in [2.24, 2.45) is 5.92 Å². The minimum absolute atomic E-state index is 0.153. The van der Waals surface area contributed by atoms with Crippen LogP contribution in [0.5, 0.6) is 0 Å². The summed E-state index contributed by atoms with van der Waals surface area (Å²) in [5.41, 5.74) is 2.20. The highest BCUT2D eigenvalue weighted by Crippen LogP contribution is 2.35. The molecule has 0 bridgehead atoms. The summed E-state index contributed by atoms with van der Waals surface area (Å²) in [5, 5.41) is 3.35. The summed E-state index contributed by atoms with van der Waals surface area (Å²) in [6.45, 7) is 1.69. The van der Waals surface area contributed by atoms with Gasteiger partial charge in [0.05, 0.1) is 6.54 Å². The molecule has 0 radical (unpaired) electrons. The standard InChI is InChI=1S/C23H22F2N4O/c24-17-6-4-15(5-7-17)21-22(26-19-10-8-18(25)9-11-19)29-13-12-28(14-20(29)27-21)23(30)16-2-1-3-16/h4-11,16,26H,1-3,12-14H2. The maximum atomic E-state index is 13.4. The number of halogens is 2. The first kappa shape index (κ1) is 18.8. The zero-order valence-corrected chi connectivity index (χ0v) is 16.4. The van der Waals surface area contributed by atoms with Crippen molar-refractivity contribution in [3.8, 4) is 11.3 Å². The number of carbonyl (C=O) groups excluding carboxylic acids is 1. The van der Waals surface area contributed by atoms with Crippen LogP contribution in [0.4, 0.5) is 20.3 Å². The van der Waals surface area contributed by atoms with Gasteiger partial charge in [-0.3, -0.25) is 4.79 Å². The Kier molecular flexibility index (Phi) is 4.73. The molecule has 5 nitrogen and oxygen atoms in total. The molecule has 2 aliphatic rings. The van der Waals surface area contributed by atoms with Crippen LogP contribution >= 0.6 is 0 Å². The van der Waals surface area contributed by atoms with Crippen LogP contribution in [0, 0.1) is 17.6 Å². The molecule has 1 N–H and O–H groups in total. The molecule has 1 aromatic heterocycles. The Morgan fingerprint density at radius 2 is 1.63 bits per heavy atom. The maximum absolute atomic E-state index is 13.4. The first-order valence-corrected chi connectivity index (χ1v) is 10.3. The third-order valence-corrected chi connectivity index (χ3v) is 5.96. The van der Waals surface area contributed by atoms with Crippen LogP contribution in [0.25, 0.3) is 11.3 Å². The van der Waals surface area contributed by atoms with Crippen molar-refractivity contribution >= 4 is 17.4 Å². The summed E-state index contributed by atoms with van der Waals surface area (Å²) in [7, 11) is 0. The van der Waals surface area contributed by atoms with E-state index in [1.807, 2.05) is 4.90 Å². The molecule has 5 rings (SSSR count). The number of anilines is 2. The molecule has 30 heavy (non-hydrogen) atoms. The number of benzene rings is 2. The summed E-state index contributed by atoms with van der Waals surface area (Å²) in [4.78, 5) is 19.4. The predicted molar refractivity (Wildman–Crippen MR) is 110 cm³/mol. The van der Waals surface area contributed by atoms with Crippen molar-refractivity contribution in [3.05, 3.63) is 66.0 Å². The van der Waals surface area contributed by atoms with Crippen LogP contribution in [0.3, 0.4) is 0 Å². The molecule has 2 heterocycles. The molecule has 0 spiro atoms. The van der Waals surface area contributed by atoms with Gasteiger partial charge >= 0.3 is 0 Å². The summed E-state index contributed by atoms with van der Waals surface area (Å²) in [6.07, 6.45) is 3.07. The fourth-order valence-electron chi connectivity index (χ4n) is 4.04. The Balaban J connectivity index is 1.51. The molecule has 1 fully saturated rings. The summed E-state index contributed by atoms with van der Waals surface area (Å²) in [6, 6.07) is 12.3. The molecule has 1 aliphatic heterocycles. The number of nitrogens with one attached hydrogen (secondary N) is 1. The van der Waals surface area contributed by atoms with Gasteiger partial charge in [-0.05, 0) is 61.4 Å². The Bertz CT molecular complexity index is 1070. The van der Waals surface area contributed by atoms with Crippen LogP contribution in [0.2, 0.25) is 0 Å². The number of rotatable bonds is 4. The summed E-state index contributed by atoms with van der Waals surface area (Å²) < 4.78 is 28.8. The van der Waals surface area contributed by atoms with Crippen molar-refractivity contribution in [2.75, 3.05) is 11.9 Å². The molecule has 3 aromatic rings. The largest absolute Gasteiger partial charge is 0.340 e. The van der Waals surface area contributed by atoms with Gasteiger partial charge in [-0.2, -0.15) is 0 Å². The number of amides is 1. The molecule has 154 valence electrons. The Morgan fingerprint density at radius 3 is 2.27 bits per heavy atom. The van der Waals surface area contributed by atoms with Gasteiger partial charge in [0.15, 0.2) is 0 Å². The van der Waals surface area contributed by atoms with Crippen molar-refractivity contribution in [1.29, 1.82) is 0 Å². The molecule has 1 saturated carbocycles. The fraction of sp³-hybridized carbons (Fsp3) is 0.304. The molecular weight excluding hydrogens is 386 g/mol. The Morgan fingerprint density at radius 1 is 0.967 bits per heavy atom. The van der Waals surface area contributed by atoms with Gasteiger partial charge in [0, 0.05) is 30.3 Å². The van der Waals surface area contributed by atoms with Gasteiger partial charge in [-0.1, -0.05) is 6.42 Å². The lowest BCUT2D eigenvalue weighted by Crippen LogP contribution is -2.43. The second-order valence-electron chi connectivity index (χ2n) is 7.90. The first-order chi connectivity index (χ1) is 14.6. The van der Waals surface area contributed by atoms with Crippen molar-refractivity contribution < 1.29 is 13.6 Å². The maximum Gasteiger partial charge on any atom is 0.226 e. The smallest absolute Gasteiger partial charge is 0.226 e. The normalized spacial score (nSPS) is 16.1. The minimum Gasteiger partial charge on any atom is -0.340 e. The molecule has 0 atom stereocenters. The SMILES string of the molecule is O=C(C1CCC1)N1CCn2c(nc(-c3ccc(F)cc3)c2Nc2ccc(F)cc2)C1. The van der Waals surface area contributed by atoms with Gasteiger partial charge in [0.25, 0.3) is 0 Å². The zero-order chi connectivity index (χ0) is 20.7. The topological polar surface area (TPSA) is 50.2 Å². The average Bonchev–Trinajstić information content (AvgIpc) is 3.06. The lowest BCUT2D eigenvalue weighted by atomic mass is 9.84. The van der Waals surface area contributed by atoms with Gasteiger partial charge in [0.1, 0.15) is 29.0 Å². The number of carbonyl (C=O) groups is 1. The monoisotopic (exact) mass is 408 g/mol. The van der Waals surface area contributed by atoms with Gasteiger partial charge in [-0.25, -0.2) is 13.8 Å². The number of aromatic nitrogens is 2. The third-order valence-electron chi connectivity index (χ3n) is 5.96. The van der Waals surface area contributed by atoms with E-state index in [0.717, 1.165) is 42.2 Å². The van der Waals surface area contributed by atoms with Crippen LogP contribution in [-0.2, 0) is 17.9 Å². The molecule has 1 aliphatic carbocycles. The summed E-state index contributed by atoms with van der Waals surface area (Å²) in [5.74, 6) is 1.30. The van der Waals surface area contributed by atoms with E-state index in [0.29, 0.717) is 25.3 Å². The lowest BCUT2D eigenvalue weighted by molar-refractivity contribution is -0.139. The third kappa shape index (κ3) is 3.44. The number of hydrogen-bond donors (Lipinski definition) is 1. The summed E-state index contributed by atoms with van der Waals surface area (Å²) >= 11 is 0. The van der Waals surface area contributed by atoms with Crippen LogP contribution in [-0.4, -0.2) is 26.9 Å². The van der Waals surface area contributed by atoms with Crippen LogP contribution < -0.4 is 5.32 Å². The van der Waals surface area contributed by atoms with Crippen molar-refractivity contribution in [1.82, 2.24) is 14.5 Å². The van der Waals surface area contributed by atoms with E-state index in [9.17, 15) is 13.6 Å². The van der Waals surface area contributed by atoms with E-state index in [-0.39, 0.29) is 23.5 Å². The van der Waals surface area contributed by atoms with Crippen molar-refractivity contribution in [2.45, 2.75) is 32.4 Å². The van der Waals surface area contributed by atoms with Gasteiger partial charge in [0.2, 0.25) is 5.91 Å². The highest BCUT2D eigenvalue weighted by molar-refractivity contribution is 5.80. The molecule has 0 saturated heterocycles. The van der Waals surface area contributed by atoms with E-state index in [2.05, 4.69) is 9.88 Å². The van der Waals surface area contributed by atoms with Gasteiger partial charge < -0.3 is 14.8 Å². The van der Waals surface area contributed by atoms with Crippen molar-refractivity contribution in [3.63, 3.8) is 0 Å². The van der Waals surface area contributed by atoms with Gasteiger partial charge in [-0.15, -0.1) is 0 Å². The van der Waals surface area contributed by atoms with E-state index in [1.165, 1.54) is 24.3 Å². The lowest BCUT2D eigenvalue weighted by Gasteiger charge is -2.34. The zero-order valence-electron chi connectivity index (χ0n) is 16.4. The minimum atomic E-state index is -0.312. The molecule has 1 amide bonds. The second kappa shape index (κ2) is 7.55. The second-order valence-corrected chi connectivity index (χ2v) is 7.90. The highest BCUT2D eigenvalue weighted by atomic mass is 19.1. The van der Waals surface area contributed by atoms with E-state index < -0.39 is 0 Å². The molecule has 2 aromatic carbocycles. The quantitative estimate of drug-likeness (QED) is 0.680. The molecule has 7 heteroatoms. The molecule has 0 unspecified atom stereocenters. The number of hydrogen-bond acceptors (Lipinski definition) is 3. The number of imidazole rings is 1. The number of nitrogens with zero attached hydrogens (tertiary/aromatic N) is 3. The first-order valence-electron chi connectivity index (χ1n) is 10.3. The highest BCUT2D eigenvalue weighted by Gasteiger charge is 2.33. The average molecular weight is 408 g/mol. The Hall–Kier alpha value is -3.22. The predicted octanol–water partition coefficient (Wildman–Crippen LogP) is 4.71. The van der Waals surface area contributed by atoms with Crippen LogP contribution in [0.15, 0.2) is 48.5 Å². The number of fused-ring (bicyclic) bond motifs is 1. The van der Waals surface area contributed by atoms with E-state index >= 15 is 0 Å².